The molecule has 16 heavy (non-hydrogen) atoms. The first-order chi connectivity index (χ1) is 7.61. The van der Waals surface area contributed by atoms with Gasteiger partial charge in [-0.1, -0.05) is 27.7 Å². The molecule has 0 N–H and O–H groups in total. The van der Waals surface area contributed by atoms with E-state index in [4.69, 9.17) is 0 Å². The molecule has 2 aliphatic rings. The first kappa shape index (κ1) is 12.4. The Morgan fingerprint density at radius 1 is 1.12 bits per heavy atom. The molecule has 0 aromatic rings. The van der Waals surface area contributed by atoms with Gasteiger partial charge in [-0.25, -0.2) is 0 Å². The lowest BCUT2D eigenvalue weighted by molar-refractivity contribution is 0.128. The highest BCUT2D eigenvalue weighted by atomic mass is 15.2. The minimum Gasteiger partial charge on any atom is -0.300 e. The number of nitrogens with zero attached hydrogens (tertiary/aromatic N) is 1. The van der Waals surface area contributed by atoms with E-state index < -0.39 is 0 Å². The Morgan fingerprint density at radius 2 is 1.88 bits per heavy atom. The average Bonchev–Trinajstić information content (AvgIpc) is 2.77. The maximum Gasteiger partial charge on any atom is 0.0126 e. The summed E-state index contributed by atoms with van der Waals surface area (Å²) in [6.45, 7) is 12.1. The molecule has 0 radical (unpaired) electrons. The van der Waals surface area contributed by atoms with Crippen molar-refractivity contribution >= 4 is 0 Å². The third-order valence-electron chi connectivity index (χ3n) is 5.04. The first-order valence-electron chi connectivity index (χ1n) is 7.35. The lowest BCUT2D eigenvalue weighted by atomic mass is 9.86. The van der Waals surface area contributed by atoms with Crippen molar-refractivity contribution in [3.63, 3.8) is 0 Å². The zero-order valence-corrected chi connectivity index (χ0v) is 11.6. The number of rotatable bonds is 5. The van der Waals surface area contributed by atoms with Gasteiger partial charge in [-0.2, -0.15) is 0 Å². The number of fused-ring (bicyclic) bond motifs is 2. The molecule has 1 heteroatoms. The molecular formula is C15H29N. The Balaban J connectivity index is 1.86. The molecule has 4 unspecified atom stereocenters. The molecule has 94 valence electrons. The molecule has 0 saturated heterocycles. The van der Waals surface area contributed by atoms with Crippen molar-refractivity contribution < 1.29 is 0 Å². The summed E-state index contributed by atoms with van der Waals surface area (Å²) in [4.78, 5) is 2.77. The second-order valence-electron chi connectivity index (χ2n) is 6.58. The van der Waals surface area contributed by atoms with E-state index >= 15 is 0 Å². The maximum absolute atomic E-state index is 2.77. The van der Waals surface area contributed by atoms with Gasteiger partial charge >= 0.3 is 0 Å². The van der Waals surface area contributed by atoms with Crippen molar-refractivity contribution in [2.75, 3.05) is 13.1 Å². The molecule has 1 nitrogen and oxygen atoms in total. The molecular weight excluding hydrogens is 194 g/mol. The Kier molecular flexibility index (Phi) is 3.94. The number of hydrogen-bond donors (Lipinski definition) is 0. The fraction of sp³-hybridized carbons (Fsp3) is 1.00. The van der Waals surface area contributed by atoms with Crippen LogP contribution in [-0.2, 0) is 0 Å². The van der Waals surface area contributed by atoms with Gasteiger partial charge in [0.15, 0.2) is 0 Å². The van der Waals surface area contributed by atoms with Crippen LogP contribution in [0.5, 0.6) is 0 Å². The summed E-state index contributed by atoms with van der Waals surface area (Å²) < 4.78 is 0. The summed E-state index contributed by atoms with van der Waals surface area (Å²) in [7, 11) is 0. The third kappa shape index (κ3) is 2.45. The lowest BCUT2D eigenvalue weighted by Gasteiger charge is -2.35. The molecule has 0 aromatic carbocycles. The van der Waals surface area contributed by atoms with Crippen LogP contribution in [0.1, 0.15) is 53.4 Å². The summed E-state index contributed by atoms with van der Waals surface area (Å²) in [5.74, 6) is 3.96. The van der Waals surface area contributed by atoms with E-state index in [0.29, 0.717) is 0 Å². The van der Waals surface area contributed by atoms with Crippen LogP contribution >= 0.6 is 0 Å². The van der Waals surface area contributed by atoms with Gasteiger partial charge < -0.3 is 4.90 Å². The molecule has 2 bridgehead atoms. The van der Waals surface area contributed by atoms with Crippen LogP contribution in [0, 0.1) is 23.7 Å². The van der Waals surface area contributed by atoms with Crippen molar-refractivity contribution in [3.8, 4) is 0 Å². The van der Waals surface area contributed by atoms with E-state index in [0.717, 1.165) is 29.7 Å². The van der Waals surface area contributed by atoms with Gasteiger partial charge in [0, 0.05) is 6.04 Å². The molecule has 0 aliphatic heterocycles. The predicted molar refractivity (Wildman–Crippen MR) is 70.5 cm³/mol. The van der Waals surface area contributed by atoms with Crippen LogP contribution in [0.25, 0.3) is 0 Å². The molecule has 2 aliphatic carbocycles. The summed E-state index contributed by atoms with van der Waals surface area (Å²) in [6.07, 6.45) is 5.91. The Labute approximate surface area is 102 Å². The first-order valence-corrected chi connectivity index (χ1v) is 7.35. The van der Waals surface area contributed by atoms with E-state index in [2.05, 4.69) is 32.6 Å². The van der Waals surface area contributed by atoms with Crippen molar-refractivity contribution in [2.45, 2.75) is 59.4 Å². The third-order valence-corrected chi connectivity index (χ3v) is 5.04. The van der Waals surface area contributed by atoms with Gasteiger partial charge in [-0.15, -0.1) is 0 Å². The summed E-state index contributed by atoms with van der Waals surface area (Å²) in [5.41, 5.74) is 0. The second-order valence-corrected chi connectivity index (χ2v) is 6.58. The largest absolute Gasteiger partial charge is 0.300 e. The maximum atomic E-state index is 2.77. The summed E-state index contributed by atoms with van der Waals surface area (Å²) in [6, 6.07) is 0.935. The fourth-order valence-electron chi connectivity index (χ4n) is 3.96. The van der Waals surface area contributed by atoms with Crippen LogP contribution in [0.15, 0.2) is 0 Å². The molecule has 4 atom stereocenters. The minimum absolute atomic E-state index is 0.853. The highest BCUT2D eigenvalue weighted by Gasteiger charge is 2.45. The van der Waals surface area contributed by atoms with Gasteiger partial charge in [0.05, 0.1) is 0 Å². The Bertz CT molecular complexity index is 221. The van der Waals surface area contributed by atoms with Crippen LogP contribution in [-0.4, -0.2) is 24.0 Å². The van der Waals surface area contributed by atoms with Gasteiger partial charge in [0.25, 0.3) is 0 Å². The molecule has 2 rings (SSSR count). The zero-order valence-electron chi connectivity index (χ0n) is 11.6. The van der Waals surface area contributed by atoms with Crippen LogP contribution in [0.2, 0.25) is 0 Å². The van der Waals surface area contributed by atoms with E-state index in [-0.39, 0.29) is 0 Å². The van der Waals surface area contributed by atoms with Gasteiger partial charge in [-0.05, 0) is 62.4 Å². The number of hydrogen-bond acceptors (Lipinski definition) is 1. The zero-order chi connectivity index (χ0) is 11.7. The lowest BCUT2D eigenvalue weighted by Crippen LogP contribution is -2.40. The summed E-state index contributed by atoms with van der Waals surface area (Å²) >= 11 is 0. The molecule has 0 spiro atoms. The van der Waals surface area contributed by atoms with E-state index in [1.807, 2.05) is 0 Å². The second kappa shape index (κ2) is 5.08. The quantitative estimate of drug-likeness (QED) is 0.685. The topological polar surface area (TPSA) is 3.24 Å². The van der Waals surface area contributed by atoms with Gasteiger partial charge in [-0.3, -0.25) is 0 Å². The fourth-order valence-corrected chi connectivity index (χ4v) is 3.96. The van der Waals surface area contributed by atoms with Crippen LogP contribution < -0.4 is 0 Å². The van der Waals surface area contributed by atoms with E-state index in [9.17, 15) is 0 Å². The monoisotopic (exact) mass is 223 g/mol. The minimum atomic E-state index is 0.853. The highest BCUT2D eigenvalue weighted by molar-refractivity contribution is 4.98. The summed E-state index contributed by atoms with van der Waals surface area (Å²) in [5, 5.41) is 0. The van der Waals surface area contributed by atoms with Crippen molar-refractivity contribution in [2.24, 2.45) is 23.7 Å². The molecule has 0 aromatic heterocycles. The highest BCUT2D eigenvalue weighted by Crippen LogP contribution is 2.49. The molecule has 0 amide bonds. The Hall–Kier alpha value is -0.0400. The molecule has 2 fully saturated rings. The molecule has 0 heterocycles. The van der Waals surface area contributed by atoms with Gasteiger partial charge in [0.2, 0.25) is 0 Å². The average molecular weight is 223 g/mol. The Morgan fingerprint density at radius 3 is 2.31 bits per heavy atom. The SMILES string of the molecule is CCN(CCC(C)C)C1CC2CC1CC2C. The normalized spacial score (nSPS) is 37.9. The standard InChI is InChI=1S/C15H29N/c1-5-16(7-6-11(2)3)15-10-13-9-14(15)8-12(13)4/h11-15H,5-10H2,1-4H3. The van der Waals surface area contributed by atoms with Crippen molar-refractivity contribution in [1.82, 2.24) is 4.90 Å². The smallest absolute Gasteiger partial charge is 0.0126 e. The van der Waals surface area contributed by atoms with Gasteiger partial charge in [0.1, 0.15) is 0 Å². The van der Waals surface area contributed by atoms with E-state index in [1.165, 1.54) is 38.8 Å². The van der Waals surface area contributed by atoms with Crippen molar-refractivity contribution in [1.29, 1.82) is 0 Å². The van der Waals surface area contributed by atoms with E-state index in [1.54, 1.807) is 0 Å². The predicted octanol–water partition coefficient (Wildman–Crippen LogP) is 3.79. The van der Waals surface area contributed by atoms with Crippen LogP contribution in [0.4, 0.5) is 0 Å². The molecule has 2 saturated carbocycles. The van der Waals surface area contributed by atoms with Crippen LogP contribution in [0.3, 0.4) is 0 Å². The van der Waals surface area contributed by atoms with Crippen molar-refractivity contribution in [3.05, 3.63) is 0 Å².